The maximum absolute atomic E-state index is 14.6. The van der Waals surface area contributed by atoms with Gasteiger partial charge in [-0.1, -0.05) is 69.2 Å². The number of likely N-dealkylation sites (tertiary alicyclic amines) is 1. The van der Waals surface area contributed by atoms with Gasteiger partial charge in [-0.2, -0.15) is 0 Å². The Bertz CT molecular complexity index is 2680. The van der Waals surface area contributed by atoms with Crippen molar-refractivity contribution in [2.24, 2.45) is 52.5 Å². The van der Waals surface area contributed by atoms with Crippen LogP contribution in [0, 0.1) is 29.6 Å². The quantitative estimate of drug-likeness (QED) is 0.0253. The summed E-state index contributed by atoms with van der Waals surface area (Å²) in [7, 11) is 0. The summed E-state index contributed by atoms with van der Waals surface area (Å²) in [6.45, 7) is 16.3. The van der Waals surface area contributed by atoms with E-state index in [1.54, 1.807) is 69.2 Å². The fraction of sp³-hybridized carbons (Fsp3) is 0.758. The van der Waals surface area contributed by atoms with Gasteiger partial charge in [0.1, 0.15) is 66.5 Å². The van der Waals surface area contributed by atoms with Gasteiger partial charge in [0.05, 0.1) is 25.3 Å². The predicted molar refractivity (Wildman–Crippen MR) is 351 cm³/mol. The molecule has 1 aliphatic rings. The van der Waals surface area contributed by atoms with Gasteiger partial charge in [-0.3, -0.25) is 67.1 Å². The first-order valence-electron chi connectivity index (χ1n) is 33.1. The Kier molecular flexibility index (Phi) is 39.3. The number of primary amides is 1. The summed E-state index contributed by atoms with van der Waals surface area (Å²) in [6, 6.07) is -16.9. The molecule has 0 aromatic heterocycles. The molecule has 1 heterocycles. The molecule has 552 valence electrons. The van der Waals surface area contributed by atoms with Crippen molar-refractivity contribution in [3.05, 3.63) is 0 Å². The molecule has 0 saturated carbocycles. The summed E-state index contributed by atoms with van der Waals surface area (Å²) in [5.74, 6) is -16.8. The van der Waals surface area contributed by atoms with Crippen molar-refractivity contribution < 1.29 is 92.3 Å². The number of carbonyl (C=O) groups is 15. The molecule has 0 bridgehead atoms. The van der Waals surface area contributed by atoms with Crippen LogP contribution < -0.4 is 81.4 Å². The monoisotopic (exact) mass is 1380 g/mol. The summed E-state index contributed by atoms with van der Waals surface area (Å²) in [6.07, 6.45) is -1.66. The zero-order chi connectivity index (χ0) is 74.1. The van der Waals surface area contributed by atoms with Crippen LogP contribution in [0.4, 0.5) is 0 Å². The fourth-order valence-corrected chi connectivity index (χ4v) is 10.1. The minimum atomic E-state index is -1.70. The molecule has 0 aromatic rings. The van der Waals surface area contributed by atoms with Crippen LogP contribution in [0.3, 0.4) is 0 Å². The molecule has 0 unspecified atom stereocenters. The van der Waals surface area contributed by atoms with Crippen molar-refractivity contribution in [3.8, 4) is 0 Å². The van der Waals surface area contributed by atoms with E-state index in [2.05, 4.69) is 58.5 Å². The molecule has 13 atom stereocenters. The van der Waals surface area contributed by atoms with E-state index in [0.29, 0.717) is 25.7 Å². The minimum absolute atomic E-state index is 0.0235. The third-order valence-corrected chi connectivity index (χ3v) is 16.0. The molecule has 35 heteroatoms. The molecule has 97 heavy (non-hydrogen) atoms. The first-order chi connectivity index (χ1) is 45.3. The Morgan fingerprint density at radius 2 is 0.907 bits per heavy atom. The molecule has 35 nitrogen and oxygen atoms in total. The van der Waals surface area contributed by atoms with E-state index in [1.165, 1.54) is 11.8 Å². The van der Waals surface area contributed by atoms with Crippen LogP contribution in [0.5, 0.6) is 0 Å². The SMILES string of the molecule is CC(C)C[C@H](NC(=O)[C@@H](NC(=O)[C@@H](NC(=O)[C@@H](N)C(C)C)[C@@H](C)O)C(C)C)C(=O)N[C@@H](CCC(=O)O)C(=O)N[C@@H](CCCCN)C(=O)N[C@H](C(=O)N1CCC[C@H]1C(=O)N[C@H](C(=O)N[C@@H](CO)C(=O)N[C@@H](CCCCN)C(=O)NCC(=O)N[C@@H](CCC(N)=O)C(=O)O)C(C)C)C(C)C. The van der Waals surface area contributed by atoms with Crippen LogP contribution in [0.15, 0.2) is 0 Å². The smallest absolute Gasteiger partial charge is 0.326 e. The first kappa shape index (κ1) is 86.9. The highest BCUT2D eigenvalue weighted by molar-refractivity contribution is 6.00. The summed E-state index contributed by atoms with van der Waals surface area (Å²) in [5, 5.41) is 67.3. The lowest BCUT2D eigenvalue weighted by Crippen LogP contribution is -2.62. The zero-order valence-corrected chi connectivity index (χ0v) is 57.8. The second kappa shape index (κ2) is 43.9. The number of carboxylic acid groups (broad SMARTS) is 2. The molecule has 0 radical (unpaired) electrons. The van der Waals surface area contributed by atoms with Crippen molar-refractivity contribution in [1.29, 1.82) is 0 Å². The number of rotatable bonds is 46. The third-order valence-electron chi connectivity index (χ3n) is 16.0. The summed E-state index contributed by atoms with van der Waals surface area (Å²) in [4.78, 5) is 202. The van der Waals surface area contributed by atoms with Gasteiger partial charge in [-0.15, -0.1) is 0 Å². The molecule has 1 rings (SSSR count). The minimum Gasteiger partial charge on any atom is -0.481 e. The predicted octanol–water partition coefficient (Wildman–Crippen LogP) is -5.21. The Morgan fingerprint density at radius 3 is 1.37 bits per heavy atom. The average molecular weight is 1380 g/mol. The number of aliphatic carboxylic acids is 2. The van der Waals surface area contributed by atoms with Crippen molar-refractivity contribution in [2.45, 2.75) is 238 Å². The number of aliphatic hydroxyl groups is 2. The second-order valence-corrected chi connectivity index (χ2v) is 26.2. The molecule has 1 saturated heterocycles. The van der Waals surface area contributed by atoms with Crippen LogP contribution in [0.25, 0.3) is 0 Å². The van der Waals surface area contributed by atoms with E-state index in [-0.39, 0.29) is 76.4 Å². The van der Waals surface area contributed by atoms with Gasteiger partial charge in [0, 0.05) is 19.4 Å². The number of carboxylic acids is 2. The highest BCUT2D eigenvalue weighted by atomic mass is 16.4. The third kappa shape index (κ3) is 30.9. The van der Waals surface area contributed by atoms with E-state index in [4.69, 9.17) is 22.9 Å². The molecule has 0 spiro atoms. The Balaban J connectivity index is 3.44. The lowest BCUT2D eigenvalue weighted by molar-refractivity contribution is -0.143. The van der Waals surface area contributed by atoms with Gasteiger partial charge in [0.2, 0.25) is 76.8 Å². The zero-order valence-electron chi connectivity index (χ0n) is 57.8. The van der Waals surface area contributed by atoms with Crippen LogP contribution >= 0.6 is 0 Å². The molecule has 0 aromatic carbocycles. The number of nitrogens with two attached hydrogens (primary N) is 4. The van der Waals surface area contributed by atoms with Gasteiger partial charge in [-0.05, 0) is 120 Å². The normalized spacial score (nSPS) is 16.7. The number of hydrogen-bond acceptors (Lipinski definition) is 20. The van der Waals surface area contributed by atoms with Gasteiger partial charge < -0.3 is 107 Å². The molecule has 0 aliphatic carbocycles. The number of unbranched alkanes of at least 4 members (excludes halogenated alkanes) is 2. The highest BCUT2D eigenvalue weighted by Gasteiger charge is 2.42. The molecule has 1 fully saturated rings. The Labute approximate surface area is 566 Å². The van der Waals surface area contributed by atoms with Crippen LogP contribution in [-0.2, 0) is 71.9 Å². The maximum Gasteiger partial charge on any atom is 0.326 e. The molecule has 13 amide bonds. The van der Waals surface area contributed by atoms with Crippen molar-refractivity contribution in [3.63, 3.8) is 0 Å². The molecule has 1 aliphatic heterocycles. The Morgan fingerprint density at radius 1 is 0.474 bits per heavy atom. The molecule has 23 N–H and O–H groups in total. The fourth-order valence-electron chi connectivity index (χ4n) is 10.1. The van der Waals surface area contributed by atoms with Gasteiger partial charge in [0.15, 0.2) is 0 Å². The van der Waals surface area contributed by atoms with Gasteiger partial charge in [-0.25, -0.2) is 4.79 Å². The van der Waals surface area contributed by atoms with Crippen LogP contribution in [0.1, 0.15) is 160 Å². The van der Waals surface area contributed by atoms with Crippen LogP contribution in [0.2, 0.25) is 0 Å². The number of aliphatic hydroxyl groups excluding tert-OH is 2. The van der Waals surface area contributed by atoms with Crippen molar-refractivity contribution in [1.82, 2.24) is 63.4 Å². The largest absolute Gasteiger partial charge is 0.481 e. The lowest BCUT2D eigenvalue weighted by atomic mass is 9.98. The highest BCUT2D eigenvalue weighted by Crippen LogP contribution is 2.22. The summed E-state index contributed by atoms with van der Waals surface area (Å²) < 4.78 is 0. The molecular formula is C62H110N16O19. The number of nitrogens with zero attached hydrogens (tertiary/aromatic N) is 1. The van der Waals surface area contributed by atoms with E-state index >= 15 is 0 Å². The van der Waals surface area contributed by atoms with Crippen molar-refractivity contribution in [2.75, 3.05) is 32.8 Å². The van der Waals surface area contributed by atoms with Gasteiger partial charge in [0.25, 0.3) is 0 Å². The molecular weight excluding hydrogens is 1270 g/mol. The maximum atomic E-state index is 14.6. The number of amides is 13. The topological polar surface area (TPSA) is 577 Å². The van der Waals surface area contributed by atoms with E-state index in [9.17, 15) is 92.3 Å². The van der Waals surface area contributed by atoms with E-state index < -0.39 is 211 Å². The Hall–Kier alpha value is -8.15. The number of nitrogens with one attached hydrogen (secondary N) is 11. The summed E-state index contributed by atoms with van der Waals surface area (Å²) in [5.41, 5.74) is 22.5. The summed E-state index contributed by atoms with van der Waals surface area (Å²) >= 11 is 0. The lowest BCUT2D eigenvalue weighted by Gasteiger charge is -2.33. The average Bonchev–Trinajstić information content (AvgIpc) is 1.95. The first-order valence-corrected chi connectivity index (χ1v) is 33.1. The van der Waals surface area contributed by atoms with E-state index in [1.807, 2.05) is 0 Å². The number of hydrogen-bond donors (Lipinski definition) is 19. The standard InChI is InChI=1S/C62H110N16O19/c1-30(2)27-40(72-58(92)48(33(7)8)75-60(94)50(35(11)80)77-57(91)46(66)31(3)4)54(88)71-38(21-23-45(83)84)52(86)70-37(18-13-15-25-64)53(87)76-49(34(9)10)61(95)78-26-16-19-42(78)56(90)74-47(32(5)6)59(93)73-41(29-79)55(89)69-36(17-12-14-24-63)51(85)67-28-44(82)68-39(62(96)97)20-22-43(65)81/h30-42,46-50,79-80H,12-29,63-64,66H2,1-11H3,(H2,65,81)(H,67,85)(H,68,82)(H,69,89)(H,70,86)(H,71,88)(H,72,92)(H,73,93)(H,74,90)(H,75,94)(H,76,87)(H,77,91)(H,83,84)(H,96,97)/t35-,36+,37+,38+,39+,40+,41+,42+,46+,47+,48+,49+,50+/m1/s1. The van der Waals surface area contributed by atoms with Crippen molar-refractivity contribution >= 4 is 88.7 Å². The van der Waals surface area contributed by atoms with Crippen LogP contribution in [-0.4, -0.2) is 225 Å². The van der Waals surface area contributed by atoms with E-state index in [0.717, 1.165) is 0 Å². The van der Waals surface area contributed by atoms with Gasteiger partial charge >= 0.3 is 11.9 Å². The second-order valence-electron chi connectivity index (χ2n) is 26.2. The number of carbonyl (C=O) groups excluding carboxylic acids is 13.